The largest absolute Gasteiger partial charge is 0.307 e. The number of aromatic nitrogens is 5. The van der Waals surface area contributed by atoms with E-state index in [0.717, 1.165) is 39.4 Å². The van der Waals surface area contributed by atoms with Gasteiger partial charge < -0.3 is 4.57 Å². The van der Waals surface area contributed by atoms with Crippen LogP contribution in [-0.4, -0.2) is 25.0 Å². The Bertz CT molecular complexity index is 1100. The van der Waals surface area contributed by atoms with Crippen molar-refractivity contribution in [2.75, 3.05) is 0 Å². The number of hydrogen-bond donors (Lipinski definition) is 1. The first-order valence-corrected chi connectivity index (χ1v) is 7.99. The zero-order chi connectivity index (χ0) is 17.4. The van der Waals surface area contributed by atoms with Crippen molar-refractivity contribution in [3.63, 3.8) is 0 Å². The molecule has 0 aliphatic carbocycles. The molecule has 0 saturated heterocycles. The summed E-state index contributed by atoms with van der Waals surface area (Å²) in [5, 5.41) is 25.9. The van der Waals surface area contributed by atoms with E-state index in [-0.39, 0.29) is 0 Å². The Morgan fingerprint density at radius 1 is 1.08 bits per heavy atom. The van der Waals surface area contributed by atoms with Gasteiger partial charge in [-0.2, -0.15) is 10.4 Å². The summed E-state index contributed by atoms with van der Waals surface area (Å²) in [6, 6.07) is 15.9. The molecule has 1 N–H and O–H groups in total. The normalized spacial score (nSPS) is 10.9. The predicted octanol–water partition coefficient (Wildman–Crippen LogP) is 3.36. The fourth-order valence-corrected chi connectivity index (χ4v) is 2.94. The van der Waals surface area contributed by atoms with E-state index in [2.05, 4.69) is 37.1 Å². The van der Waals surface area contributed by atoms with Crippen LogP contribution in [0.5, 0.6) is 0 Å². The van der Waals surface area contributed by atoms with Gasteiger partial charge in [-0.3, -0.25) is 5.10 Å². The lowest BCUT2D eigenvalue weighted by atomic mass is 10.1. The Labute approximate surface area is 144 Å². The molecule has 0 atom stereocenters. The van der Waals surface area contributed by atoms with Crippen molar-refractivity contribution >= 4 is 10.9 Å². The van der Waals surface area contributed by atoms with Crippen molar-refractivity contribution in [3.8, 4) is 17.5 Å². The molecule has 4 rings (SSSR count). The molecule has 0 amide bonds. The molecule has 2 heterocycles. The van der Waals surface area contributed by atoms with Gasteiger partial charge in [0, 0.05) is 10.9 Å². The summed E-state index contributed by atoms with van der Waals surface area (Å²) in [5.74, 6) is 1.67. The highest BCUT2D eigenvalue weighted by atomic mass is 15.3. The van der Waals surface area contributed by atoms with Gasteiger partial charge >= 0.3 is 0 Å². The predicted molar refractivity (Wildman–Crippen MR) is 94.8 cm³/mol. The summed E-state index contributed by atoms with van der Waals surface area (Å²) in [5.41, 5.74) is 4.74. The molecule has 0 bridgehead atoms. The van der Waals surface area contributed by atoms with Gasteiger partial charge in [0.25, 0.3) is 0 Å². The number of nitrogens with zero attached hydrogens (tertiary/aromatic N) is 5. The van der Waals surface area contributed by atoms with E-state index in [4.69, 9.17) is 5.26 Å². The molecule has 2 aromatic carbocycles. The third-order valence-corrected chi connectivity index (χ3v) is 4.37. The van der Waals surface area contributed by atoms with E-state index < -0.39 is 0 Å². The van der Waals surface area contributed by atoms with E-state index in [1.165, 1.54) is 0 Å². The lowest BCUT2D eigenvalue weighted by Crippen LogP contribution is -2.04. The van der Waals surface area contributed by atoms with E-state index in [9.17, 15) is 0 Å². The molecule has 25 heavy (non-hydrogen) atoms. The Morgan fingerprint density at radius 3 is 2.64 bits per heavy atom. The average Bonchev–Trinajstić information content (AvgIpc) is 3.19. The highest BCUT2D eigenvalue weighted by Crippen LogP contribution is 2.25. The molecule has 0 saturated carbocycles. The van der Waals surface area contributed by atoms with Crippen molar-refractivity contribution in [1.29, 1.82) is 5.26 Å². The van der Waals surface area contributed by atoms with Gasteiger partial charge in [0.2, 0.25) is 0 Å². The summed E-state index contributed by atoms with van der Waals surface area (Å²) < 4.78 is 2.08. The molecule has 0 spiro atoms. The van der Waals surface area contributed by atoms with Crippen molar-refractivity contribution in [2.24, 2.45) is 0 Å². The number of rotatable bonds is 3. The molecule has 6 heteroatoms. The fourth-order valence-electron chi connectivity index (χ4n) is 2.94. The first-order chi connectivity index (χ1) is 12.2. The summed E-state index contributed by atoms with van der Waals surface area (Å²) in [6.45, 7) is 4.58. The first-order valence-electron chi connectivity index (χ1n) is 7.99. The summed E-state index contributed by atoms with van der Waals surface area (Å²) >= 11 is 0. The smallest absolute Gasteiger partial charge is 0.164 e. The SMILES string of the molecule is Cc1n[nH]c2ccc(-c3nnc(C)n3Cc3ccc(C#N)cc3)cc12. The minimum absolute atomic E-state index is 0.655. The highest BCUT2D eigenvalue weighted by Gasteiger charge is 2.13. The summed E-state index contributed by atoms with van der Waals surface area (Å²) in [6.07, 6.45) is 0. The van der Waals surface area contributed by atoms with Crippen LogP contribution >= 0.6 is 0 Å². The molecule has 0 aliphatic rings. The third-order valence-electron chi connectivity index (χ3n) is 4.37. The van der Waals surface area contributed by atoms with Gasteiger partial charge in [-0.1, -0.05) is 12.1 Å². The maximum atomic E-state index is 8.93. The molecule has 0 unspecified atom stereocenters. The molecule has 0 radical (unpaired) electrons. The van der Waals surface area contributed by atoms with Gasteiger partial charge in [-0.05, 0) is 49.7 Å². The van der Waals surface area contributed by atoms with Crippen molar-refractivity contribution in [2.45, 2.75) is 20.4 Å². The minimum Gasteiger partial charge on any atom is -0.307 e. The second kappa shape index (κ2) is 5.87. The highest BCUT2D eigenvalue weighted by molar-refractivity contribution is 5.85. The van der Waals surface area contributed by atoms with E-state index >= 15 is 0 Å². The van der Waals surface area contributed by atoms with E-state index in [1.54, 1.807) is 0 Å². The first kappa shape index (κ1) is 15.1. The minimum atomic E-state index is 0.655. The quantitative estimate of drug-likeness (QED) is 0.625. The van der Waals surface area contributed by atoms with Crippen molar-refractivity contribution in [1.82, 2.24) is 25.0 Å². The van der Waals surface area contributed by atoms with Crippen molar-refractivity contribution < 1.29 is 0 Å². The number of fused-ring (bicyclic) bond motifs is 1. The van der Waals surface area contributed by atoms with Gasteiger partial charge in [0.15, 0.2) is 5.82 Å². The molecule has 6 nitrogen and oxygen atoms in total. The van der Waals surface area contributed by atoms with Crippen LogP contribution < -0.4 is 0 Å². The van der Waals surface area contributed by atoms with Crippen LogP contribution in [0.3, 0.4) is 0 Å². The Morgan fingerprint density at radius 2 is 1.88 bits per heavy atom. The second-order valence-corrected chi connectivity index (χ2v) is 6.04. The molecule has 2 aromatic heterocycles. The van der Waals surface area contributed by atoms with Gasteiger partial charge in [0.1, 0.15) is 5.82 Å². The Balaban J connectivity index is 1.75. The van der Waals surface area contributed by atoms with Crippen LogP contribution in [0.2, 0.25) is 0 Å². The van der Waals surface area contributed by atoms with Crippen LogP contribution in [0.1, 0.15) is 22.6 Å². The Hall–Kier alpha value is -3.46. The third kappa shape index (κ3) is 2.66. The maximum absolute atomic E-state index is 8.93. The standard InChI is InChI=1S/C19H16N6/c1-12-17-9-16(7-8-18(17)23-21-12)19-24-22-13(2)25(19)11-15-5-3-14(10-20)4-6-15/h3-9H,11H2,1-2H3,(H,21,23). The summed E-state index contributed by atoms with van der Waals surface area (Å²) in [7, 11) is 0. The van der Waals surface area contributed by atoms with Crippen LogP contribution in [0.15, 0.2) is 42.5 Å². The summed E-state index contributed by atoms with van der Waals surface area (Å²) in [4.78, 5) is 0. The fraction of sp³-hybridized carbons (Fsp3) is 0.158. The molecular weight excluding hydrogens is 312 g/mol. The molecule has 0 aliphatic heterocycles. The molecule has 122 valence electrons. The van der Waals surface area contributed by atoms with Crippen LogP contribution in [0, 0.1) is 25.2 Å². The van der Waals surface area contributed by atoms with Crippen LogP contribution in [0.25, 0.3) is 22.3 Å². The zero-order valence-electron chi connectivity index (χ0n) is 14.0. The van der Waals surface area contributed by atoms with Crippen LogP contribution in [-0.2, 0) is 6.54 Å². The van der Waals surface area contributed by atoms with Crippen molar-refractivity contribution in [3.05, 3.63) is 65.1 Å². The molecule has 0 fully saturated rings. The zero-order valence-corrected chi connectivity index (χ0v) is 14.0. The monoisotopic (exact) mass is 328 g/mol. The number of benzene rings is 2. The number of aryl methyl sites for hydroxylation is 2. The average molecular weight is 328 g/mol. The lowest BCUT2D eigenvalue weighted by molar-refractivity contribution is 0.768. The van der Waals surface area contributed by atoms with E-state index in [1.807, 2.05) is 50.2 Å². The molecule has 4 aromatic rings. The van der Waals surface area contributed by atoms with E-state index in [0.29, 0.717) is 12.1 Å². The molecular formula is C19H16N6. The lowest BCUT2D eigenvalue weighted by Gasteiger charge is -2.09. The topological polar surface area (TPSA) is 83.2 Å². The number of nitriles is 1. The Kier molecular flexibility index (Phi) is 3.55. The number of hydrogen-bond acceptors (Lipinski definition) is 4. The number of nitrogens with one attached hydrogen (secondary N) is 1. The van der Waals surface area contributed by atoms with Crippen LogP contribution in [0.4, 0.5) is 0 Å². The van der Waals surface area contributed by atoms with Gasteiger partial charge in [0.05, 0.1) is 29.4 Å². The van der Waals surface area contributed by atoms with Gasteiger partial charge in [-0.15, -0.1) is 10.2 Å². The number of H-pyrrole nitrogens is 1. The van der Waals surface area contributed by atoms with Gasteiger partial charge in [-0.25, -0.2) is 0 Å². The second-order valence-electron chi connectivity index (χ2n) is 6.04. The number of aromatic amines is 1. The maximum Gasteiger partial charge on any atom is 0.164 e.